The summed E-state index contributed by atoms with van der Waals surface area (Å²) < 4.78 is 5.75. The van der Waals surface area contributed by atoms with Crippen molar-refractivity contribution in [1.29, 1.82) is 0 Å². The summed E-state index contributed by atoms with van der Waals surface area (Å²) in [6.45, 7) is 7.67. The van der Waals surface area contributed by atoms with Gasteiger partial charge in [0.25, 0.3) is 0 Å². The van der Waals surface area contributed by atoms with Crippen LogP contribution >= 0.6 is 0 Å². The van der Waals surface area contributed by atoms with Crippen LogP contribution in [0.5, 0.6) is 0 Å². The van der Waals surface area contributed by atoms with Crippen molar-refractivity contribution in [1.82, 2.24) is 4.90 Å². The Kier molecular flexibility index (Phi) is 6.90. The Hall–Kier alpha value is -2.13. The van der Waals surface area contributed by atoms with Gasteiger partial charge in [-0.3, -0.25) is 9.69 Å². The fraction of sp³-hybridized carbons (Fsp3) is 0.480. The lowest BCUT2D eigenvalue weighted by atomic mass is 10.00. The predicted molar refractivity (Wildman–Crippen MR) is 114 cm³/mol. The van der Waals surface area contributed by atoms with Gasteiger partial charge in [0.2, 0.25) is 0 Å². The minimum absolute atomic E-state index is 0.0290. The molecule has 0 aliphatic heterocycles. The normalized spacial score (nSPS) is 19.7. The zero-order valence-corrected chi connectivity index (χ0v) is 17.4. The second kappa shape index (κ2) is 9.38. The highest BCUT2D eigenvalue weighted by Crippen LogP contribution is 2.33. The van der Waals surface area contributed by atoms with E-state index in [1.165, 1.54) is 11.1 Å². The third-order valence-electron chi connectivity index (χ3n) is 5.42. The summed E-state index contributed by atoms with van der Waals surface area (Å²) >= 11 is 0. The number of benzene rings is 2. The molecule has 0 aromatic heterocycles. The zero-order valence-electron chi connectivity index (χ0n) is 17.4. The van der Waals surface area contributed by atoms with Gasteiger partial charge in [-0.25, -0.2) is 0 Å². The maximum absolute atomic E-state index is 12.9. The van der Waals surface area contributed by atoms with E-state index in [-0.39, 0.29) is 17.9 Å². The number of hydrogen-bond donors (Lipinski definition) is 0. The molecule has 0 radical (unpaired) electrons. The molecule has 0 saturated heterocycles. The summed E-state index contributed by atoms with van der Waals surface area (Å²) in [5, 5.41) is 0. The van der Waals surface area contributed by atoms with Crippen molar-refractivity contribution in [2.45, 2.75) is 64.6 Å². The van der Waals surface area contributed by atoms with Crippen LogP contribution in [-0.4, -0.2) is 29.1 Å². The lowest BCUT2D eigenvalue weighted by Gasteiger charge is -2.33. The minimum atomic E-state index is -0.432. The quantitative estimate of drug-likeness (QED) is 0.616. The van der Waals surface area contributed by atoms with E-state index >= 15 is 0 Å². The molecule has 28 heavy (non-hydrogen) atoms. The second-order valence-corrected chi connectivity index (χ2v) is 8.83. The van der Waals surface area contributed by atoms with Crippen molar-refractivity contribution in [3.63, 3.8) is 0 Å². The number of hydrogen-bond acceptors (Lipinski definition) is 3. The van der Waals surface area contributed by atoms with Crippen molar-refractivity contribution in [2.75, 3.05) is 6.54 Å². The van der Waals surface area contributed by atoms with Crippen molar-refractivity contribution in [2.24, 2.45) is 5.92 Å². The highest BCUT2D eigenvalue weighted by molar-refractivity contribution is 5.74. The van der Waals surface area contributed by atoms with Crippen molar-refractivity contribution in [3.05, 3.63) is 71.8 Å². The summed E-state index contributed by atoms with van der Waals surface area (Å²) in [4.78, 5) is 15.4. The first-order valence-corrected chi connectivity index (χ1v) is 10.5. The SMILES string of the molecule is CC(C)(C)OC(=O)[C@H]1CCC[C@@H]1N(CCc1ccccc1)Cc1ccccc1. The topological polar surface area (TPSA) is 29.5 Å². The molecule has 1 fully saturated rings. The van der Waals surface area contributed by atoms with Gasteiger partial charge in [-0.15, -0.1) is 0 Å². The molecule has 0 heterocycles. The van der Waals surface area contributed by atoms with Crippen LogP contribution in [0.3, 0.4) is 0 Å². The van der Waals surface area contributed by atoms with Gasteiger partial charge in [0.05, 0.1) is 5.92 Å². The number of carbonyl (C=O) groups is 1. The van der Waals surface area contributed by atoms with Gasteiger partial charge in [-0.05, 0) is 51.2 Å². The lowest BCUT2D eigenvalue weighted by molar-refractivity contribution is -0.161. The average Bonchev–Trinajstić information content (AvgIpc) is 3.15. The Labute approximate surface area is 169 Å². The first-order chi connectivity index (χ1) is 13.4. The summed E-state index contributed by atoms with van der Waals surface area (Å²) in [6.07, 6.45) is 4.07. The molecular weight excluding hydrogens is 346 g/mol. The van der Waals surface area contributed by atoms with E-state index in [0.29, 0.717) is 0 Å². The molecule has 0 bridgehead atoms. The molecule has 0 spiro atoms. The smallest absolute Gasteiger partial charge is 0.311 e. The molecule has 3 rings (SSSR count). The number of ether oxygens (including phenoxy) is 1. The highest BCUT2D eigenvalue weighted by Gasteiger charge is 2.39. The van der Waals surface area contributed by atoms with E-state index in [1.807, 2.05) is 20.8 Å². The molecule has 2 aromatic carbocycles. The molecule has 0 amide bonds. The molecule has 1 aliphatic rings. The van der Waals surface area contributed by atoms with Crippen LogP contribution in [0, 0.1) is 5.92 Å². The molecule has 2 aromatic rings. The Morgan fingerprint density at radius 3 is 2.18 bits per heavy atom. The zero-order chi connectivity index (χ0) is 20.0. The molecule has 0 unspecified atom stereocenters. The third-order valence-corrected chi connectivity index (χ3v) is 5.42. The minimum Gasteiger partial charge on any atom is -0.460 e. The van der Waals surface area contributed by atoms with Crippen molar-refractivity contribution in [3.8, 4) is 0 Å². The largest absolute Gasteiger partial charge is 0.460 e. The molecule has 3 nitrogen and oxygen atoms in total. The average molecular weight is 380 g/mol. The summed E-state index contributed by atoms with van der Waals surface area (Å²) in [5.41, 5.74) is 2.20. The van der Waals surface area contributed by atoms with Crippen LogP contribution in [-0.2, 0) is 22.5 Å². The maximum Gasteiger partial charge on any atom is 0.311 e. The van der Waals surface area contributed by atoms with Gasteiger partial charge in [0.15, 0.2) is 0 Å². The van der Waals surface area contributed by atoms with E-state index in [4.69, 9.17) is 4.74 Å². The van der Waals surface area contributed by atoms with Crippen LogP contribution < -0.4 is 0 Å². The van der Waals surface area contributed by atoms with E-state index in [0.717, 1.165) is 38.8 Å². The van der Waals surface area contributed by atoms with Crippen LogP contribution in [0.1, 0.15) is 51.2 Å². The van der Waals surface area contributed by atoms with Gasteiger partial charge >= 0.3 is 5.97 Å². The summed E-state index contributed by atoms with van der Waals surface area (Å²) in [6, 6.07) is 21.4. The monoisotopic (exact) mass is 379 g/mol. The van der Waals surface area contributed by atoms with E-state index in [9.17, 15) is 4.79 Å². The van der Waals surface area contributed by atoms with Crippen LogP contribution in [0.15, 0.2) is 60.7 Å². The van der Waals surface area contributed by atoms with Crippen LogP contribution in [0.4, 0.5) is 0 Å². The maximum atomic E-state index is 12.9. The third kappa shape index (κ3) is 5.93. The molecule has 2 atom stereocenters. The summed E-state index contributed by atoms with van der Waals surface area (Å²) in [7, 11) is 0. The van der Waals surface area contributed by atoms with Gasteiger partial charge < -0.3 is 4.74 Å². The van der Waals surface area contributed by atoms with Gasteiger partial charge in [0.1, 0.15) is 5.60 Å². The van der Waals surface area contributed by atoms with Crippen LogP contribution in [0.2, 0.25) is 0 Å². The molecule has 1 saturated carbocycles. The fourth-order valence-electron chi connectivity index (χ4n) is 4.13. The molecule has 150 valence electrons. The van der Waals surface area contributed by atoms with E-state index in [1.54, 1.807) is 0 Å². The first-order valence-electron chi connectivity index (χ1n) is 10.5. The molecule has 1 aliphatic carbocycles. The Morgan fingerprint density at radius 2 is 1.57 bits per heavy atom. The Balaban J connectivity index is 1.75. The number of esters is 1. The molecular formula is C25H33NO2. The molecule has 3 heteroatoms. The Morgan fingerprint density at radius 1 is 0.964 bits per heavy atom. The fourth-order valence-corrected chi connectivity index (χ4v) is 4.13. The van der Waals surface area contributed by atoms with Gasteiger partial charge in [-0.2, -0.15) is 0 Å². The van der Waals surface area contributed by atoms with E-state index < -0.39 is 5.60 Å². The number of carbonyl (C=O) groups excluding carboxylic acids is 1. The lowest BCUT2D eigenvalue weighted by Crippen LogP contribution is -2.43. The van der Waals surface area contributed by atoms with E-state index in [2.05, 4.69) is 65.6 Å². The first kappa shape index (κ1) is 20.6. The highest BCUT2D eigenvalue weighted by atomic mass is 16.6. The predicted octanol–water partition coefficient (Wildman–Crippen LogP) is 5.24. The van der Waals surface area contributed by atoms with Gasteiger partial charge in [0, 0.05) is 19.1 Å². The van der Waals surface area contributed by atoms with Crippen LogP contribution in [0.25, 0.3) is 0 Å². The Bertz CT molecular complexity index is 736. The van der Waals surface area contributed by atoms with Crippen molar-refractivity contribution >= 4 is 5.97 Å². The standard InChI is InChI=1S/C25H33NO2/c1-25(2,3)28-24(27)22-15-10-16-23(22)26(19-21-13-8-5-9-14-21)18-17-20-11-6-4-7-12-20/h4-9,11-14,22-23H,10,15-19H2,1-3H3/t22-,23-/m0/s1. The number of nitrogens with zero attached hydrogens (tertiary/aromatic N) is 1. The second-order valence-electron chi connectivity index (χ2n) is 8.83. The van der Waals surface area contributed by atoms with Crippen molar-refractivity contribution < 1.29 is 9.53 Å². The molecule has 0 N–H and O–H groups in total. The summed E-state index contributed by atoms with van der Waals surface area (Å²) in [5.74, 6) is -0.0634. The number of rotatable bonds is 7. The van der Waals surface area contributed by atoms with Gasteiger partial charge in [-0.1, -0.05) is 67.1 Å².